The Kier molecular flexibility index (Phi) is 4.57. The van der Waals surface area contributed by atoms with E-state index in [1.807, 2.05) is 0 Å². The first-order chi connectivity index (χ1) is 11.6. The molecule has 8 heteroatoms. The number of aromatic nitrogens is 1. The maximum atomic E-state index is 13.4. The SMILES string of the molecule is COC(=O)CCn1c(=NC(=O)c2ccco2)sc2cc(F)ccc21. The summed E-state index contributed by atoms with van der Waals surface area (Å²) < 4.78 is 25.4. The average Bonchev–Trinajstić information content (AvgIpc) is 3.20. The van der Waals surface area contributed by atoms with Crippen LogP contribution < -0.4 is 4.80 Å². The summed E-state index contributed by atoms with van der Waals surface area (Å²) in [6, 6.07) is 7.38. The van der Waals surface area contributed by atoms with Crippen molar-refractivity contribution in [3.63, 3.8) is 0 Å². The van der Waals surface area contributed by atoms with Crippen LogP contribution in [0.15, 0.2) is 46.0 Å². The molecule has 0 saturated carbocycles. The summed E-state index contributed by atoms with van der Waals surface area (Å²) in [4.78, 5) is 28.0. The Morgan fingerprint density at radius 1 is 1.38 bits per heavy atom. The van der Waals surface area contributed by atoms with E-state index < -0.39 is 5.91 Å². The van der Waals surface area contributed by atoms with Gasteiger partial charge in [0.05, 0.1) is 30.0 Å². The molecule has 0 aliphatic heterocycles. The summed E-state index contributed by atoms with van der Waals surface area (Å²) in [6.45, 7) is 0.266. The number of nitrogens with zero attached hydrogens (tertiary/aromatic N) is 2. The van der Waals surface area contributed by atoms with E-state index in [0.29, 0.717) is 15.0 Å². The lowest BCUT2D eigenvalue weighted by Crippen LogP contribution is -2.19. The number of methoxy groups -OCH3 is 1. The second-order valence-electron chi connectivity index (χ2n) is 4.87. The van der Waals surface area contributed by atoms with Gasteiger partial charge in [-0.3, -0.25) is 9.59 Å². The fourth-order valence-corrected chi connectivity index (χ4v) is 3.28. The highest BCUT2D eigenvalue weighted by molar-refractivity contribution is 7.16. The first-order valence-electron chi connectivity index (χ1n) is 7.07. The predicted molar refractivity (Wildman–Crippen MR) is 85.0 cm³/mol. The molecule has 0 spiro atoms. The van der Waals surface area contributed by atoms with Crippen molar-refractivity contribution >= 4 is 33.4 Å². The Labute approximate surface area is 139 Å². The van der Waals surface area contributed by atoms with Gasteiger partial charge in [-0.15, -0.1) is 0 Å². The van der Waals surface area contributed by atoms with Crippen LogP contribution >= 0.6 is 11.3 Å². The third-order valence-corrected chi connectivity index (χ3v) is 4.38. The third-order valence-electron chi connectivity index (χ3n) is 3.34. The molecule has 0 unspecified atom stereocenters. The van der Waals surface area contributed by atoms with Crippen molar-refractivity contribution < 1.29 is 23.1 Å². The molecule has 2 aromatic heterocycles. The second-order valence-corrected chi connectivity index (χ2v) is 5.88. The number of hydrogen-bond acceptors (Lipinski definition) is 5. The van der Waals surface area contributed by atoms with Crippen LogP contribution in [0.2, 0.25) is 0 Å². The number of fused-ring (bicyclic) bond motifs is 1. The first-order valence-corrected chi connectivity index (χ1v) is 7.88. The molecular formula is C16H13FN2O4S. The van der Waals surface area contributed by atoms with Crippen molar-refractivity contribution in [1.82, 2.24) is 4.57 Å². The minimum atomic E-state index is -0.543. The zero-order valence-corrected chi connectivity index (χ0v) is 13.5. The van der Waals surface area contributed by atoms with Crippen LogP contribution in [0.3, 0.4) is 0 Å². The molecule has 0 N–H and O–H groups in total. The fraction of sp³-hybridized carbons (Fsp3) is 0.188. The lowest BCUT2D eigenvalue weighted by atomic mass is 10.3. The molecule has 0 radical (unpaired) electrons. The molecule has 0 aliphatic carbocycles. The Morgan fingerprint density at radius 3 is 2.92 bits per heavy atom. The number of esters is 1. The van der Waals surface area contributed by atoms with Gasteiger partial charge in [0, 0.05) is 6.54 Å². The Hall–Kier alpha value is -2.74. The average molecular weight is 348 g/mol. The molecule has 3 rings (SSSR count). The molecule has 0 aliphatic rings. The van der Waals surface area contributed by atoms with E-state index in [4.69, 9.17) is 4.42 Å². The highest BCUT2D eigenvalue weighted by Gasteiger charge is 2.12. The number of aryl methyl sites for hydroxylation is 1. The van der Waals surface area contributed by atoms with Crippen LogP contribution in [0.4, 0.5) is 4.39 Å². The van der Waals surface area contributed by atoms with Gasteiger partial charge in [-0.2, -0.15) is 4.99 Å². The third kappa shape index (κ3) is 3.28. The van der Waals surface area contributed by atoms with E-state index >= 15 is 0 Å². The summed E-state index contributed by atoms with van der Waals surface area (Å²) >= 11 is 1.16. The van der Waals surface area contributed by atoms with Gasteiger partial charge in [-0.25, -0.2) is 4.39 Å². The zero-order valence-electron chi connectivity index (χ0n) is 12.7. The number of amides is 1. The van der Waals surface area contributed by atoms with Gasteiger partial charge < -0.3 is 13.7 Å². The summed E-state index contributed by atoms with van der Waals surface area (Å²) in [5.41, 5.74) is 0.691. The molecule has 24 heavy (non-hydrogen) atoms. The number of rotatable bonds is 4. The molecule has 3 aromatic rings. The summed E-state index contributed by atoms with van der Waals surface area (Å²) in [5.74, 6) is -1.20. The van der Waals surface area contributed by atoms with Crippen LogP contribution in [-0.2, 0) is 16.1 Å². The van der Waals surface area contributed by atoms with Crippen molar-refractivity contribution in [2.24, 2.45) is 4.99 Å². The maximum Gasteiger partial charge on any atom is 0.315 e. The first kappa shape index (κ1) is 16.1. The van der Waals surface area contributed by atoms with Crippen molar-refractivity contribution in [3.8, 4) is 0 Å². The largest absolute Gasteiger partial charge is 0.469 e. The number of halogens is 1. The number of carbonyl (C=O) groups is 2. The molecule has 6 nitrogen and oxygen atoms in total. The Morgan fingerprint density at radius 2 is 2.21 bits per heavy atom. The van der Waals surface area contributed by atoms with Crippen molar-refractivity contribution in [3.05, 3.63) is 53.0 Å². The van der Waals surface area contributed by atoms with Gasteiger partial charge in [0.1, 0.15) is 5.82 Å². The van der Waals surface area contributed by atoms with Crippen LogP contribution in [0, 0.1) is 5.82 Å². The van der Waals surface area contributed by atoms with Crippen LogP contribution in [-0.4, -0.2) is 23.6 Å². The molecule has 0 fully saturated rings. The second kappa shape index (κ2) is 6.79. The number of furan rings is 1. The molecular weight excluding hydrogens is 335 g/mol. The van der Waals surface area contributed by atoms with Crippen LogP contribution in [0.25, 0.3) is 10.2 Å². The lowest BCUT2D eigenvalue weighted by Gasteiger charge is -2.04. The summed E-state index contributed by atoms with van der Waals surface area (Å²) in [5, 5.41) is 0. The summed E-state index contributed by atoms with van der Waals surface area (Å²) in [6.07, 6.45) is 1.50. The van der Waals surface area contributed by atoms with E-state index in [-0.39, 0.29) is 30.5 Å². The monoisotopic (exact) mass is 348 g/mol. The Bertz CT molecular complexity index is 956. The number of ether oxygens (including phenoxy) is 1. The minimum Gasteiger partial charge on any atom is -0.469 e. The zero-order chi connectivity index (χ0) is 17.1. The Balaban J connectivity index is 2.07. The van der Waals surface area contributed by atoms with E-state index in [0.717, 1.165) is 11.3 Å². The van der Waals surface area contributed by atoms with Crippen molar-refractivity contribution in [2.75, 3.05) is 7.11 Å². The number of thiazole rings is 1. The van der Waals surface area contributed by atoms with Crippen molar-refractivity contribution in [2.45, 2.75) is 13.0 Å². The van der Waals surface area contributed by atoms with E-state index in [1.54, 1.807) is 16.7 Å². The van der Waals surface area contributed by atoms with Gasteiger partial charge in [-0.05, 0) is 30.3 Å². The molecule has 1 amide bonds. The highest BCUT2D eigenvalue weighted by Crippen LogP contribution is 2.19. The smallest absolute Gasteiger partial charge is 0.315 e. The highest BCUT2D eigenvalue weighted by atomic mass is 32.1. The number of hydrogen-bond donors (Lipinski definition) is 0. The molecule has 0 atom stereocenters. The predicted octanol–water partition coefficient (Wildman–Crippen LogP) is 2.74. The van der Waals surface area contributed by atoms with Gasteiger partial charge in [0.2, 0.25) is 0 Å². The van der Waals surface area contributed by atoms with Gasteiger partial charge in [0.15, 0.2) is 10.6 Å². The standard InChI is InChI=1S/C16H13FN2O4S/c1-22-14(20)6-7-19-11-5-4-10(17)9-13(11)24-16(19)18-15(21)12-3-2-8-23-12/h2-5,8-9H,6-7H2,1H3. The van der Waals surface area contributed by atoms with Gasteiger partial charge in [0.25, 0.3) is 0 Å². The minimum absolute atomic E-state index is 0.109. The van der Waals surface area contributed by atoms with Crippen LogP contribution in [0.5, 0.6) is 0 Å². The van der Waals surface area contributed by atoms with Crippen molar-refractivity contribution in [1.29, 1.82) is 0 Å². The van der Waals surface area contributed by atoms with Gasteiger partial charge in [-0.1, -0.05) is 11.3 Å². The fourth-order valence-electron chi connectivity index (χ4n) is 2.20. The molecule has 124 valence electrons. The molecule has 0 bridgehead atoms. The van der Waals surface area contributed by atoms with E-state index in [2.05, 4.69) is 9.73 Å². The number of carbonyl (C=O) groups excluding carboxylic acids is 2. The number of benzene rings is 1. The summed E-state index contributed by atoms with van der Waals surface area (Å²) in [7, 11) is 1.31. The maximum absolute atomic E-state index is 13.4. The molecule has 0 saturated heterocycles. The normalized spacial score (nSPS) is 11.8. The van der Waals surface area contributed by atoms with E-state index in [1.165, 1.54) is 31.6 Å². The van der Waals surface area contributed by atoms with Gasteiger partial charge >= 0.3 is 11.9 Å². The molecule has 1 aromatic carbocycles. The van der Waals surface area contributed by atoms with Crippen LogP contribution in [0.1, 0.15) is 17.0 Å². The molecule has 2 heterocycles. The van der Waals surface area contributed by atoms with E-state index in [9.17, 15) is 14.0 Å². The lowest BCUT2D eigenvalue weighted by molar-refractivity contribution is -0.140. The topological polar surface area (TPSA) is 73.8 Å². The quantitative estimate of drug-likeness (QED) is 0.680.